The van der Waals surface area contributed by atoms with E-state index < -0.39 is 0 Å². The number of aromatic nitrogens is 2. The third-order valence-corrected chi connectivity index (χ3v) is 5.60. The molecule has 3 saturated carbocycles. The van der Waals surface area contributed by atoms with E-state index in [1.54, 1.807) is 0 Å². The molecule has 1 heterocycles. The van der Waals surface area contributed by atoms with Crippen LogP contribution in [0.2, 0.25) is 0 Å². The molecular formula is C16H24N2O. The normalized spacial score (nSPS) is 35.5. The van der Waals surface area contributed by atoms with Crippen LogP contribution in [-0.2, 0) is 6.42 Å². The quantitative estimate of drug-likeness (QED) is 0.904. The predicted octanol–water partition coefficient (Wildman–Crippen LogP) is 2.95. The fourth-order valence-electron chi connectivity index (χ4n) is 4.32. The van der Waals surface area contributed by atoms with Crippen molar-refractivity contribution in [2.45, 2.75) is 63.5 Å². The molecule has 19 heavy (non-hydrogen) atoms. The third-order valence-electron chi connectivity index (χ3n) is 5.60. The lowest BCUT2D eigenvalue weighted by atomic mass is 9.94. The minimum absolute atomic E-state index is 0.167. The van der Waals surface area contributed by atoms with Crippen molar-refractivity contribution in [1.29, 1.82) is 0 Å². The summed E-state index contributed by atoms with van der Waals surface area (Å²) in [5.41, 5.74) is 1.08. The van der Waals surface area contributed by atoms with Gasteiger partial charge in [0, 0.05) is 12.6 Å². The molecule has 4 rings (SSSR count). The van der Waals surface area contributed by atoms with Gasteiger partial charge in [-0.25, -0.2) is 0 Å². The summed E-state index contributed by atoms with van der Waals surface area (Å²) in [7, 11) is 0. The molecule has 0 aromatic carbocycles. The van der Waals surface area contributed by atoms with Gasteiger partial charge in [-0.2, -0.15) is 5.10 Å². The van der Waals surface area contributed by atoms with E-state index in [4.69, 9.17) is 5.10 Å². The summed E-state index contributed by atoms with van der Waals surface area (Å²) in [6.45, 7) is 0. The lowest BCUT2D eigenvalue weighted by Gasteiger charge is -2.18. The SMILES string of the molecule is OC(Cc1ccn(C2CCCC2)n1)C1CC2CC2C1. The van der Waals surface area contributed by atoms with Crippen LogP contribution in [0.15, 0.2) is 12.3 Å². The molecule has 0 radical (unpaired) electrons. The van der Waals surface area contributed by atoms with Crippen molar-refractivity contribution in [2.75, 3.05) is 0 Å². The van der Waals surface area contributed by atoms with Crippen LogP contribution in [0.1, 0.15) is 56.7 Å². The van der Waals surface area contributed by atoms with Crippen molar-refractivity contribution in [1.82, 2.24) is 9.78 Å². The lowest BCUT2D eigenvalue weighted by molar-refractivity contribution is 0.103. The number of hydrogen-bond acceptors (Lipinski definition) is 2. The Morgan fingerprint density at radius 2 is 1.95 bits per heavy atom. The van der Waals surface area contributed by atoms with Crippen LogP contribution in [0.5, 0.6) is 0 Å². The van der Waals surface area contributed by atoms with Gasteiger partial charge in [0.1, 0.15) is 0 Å². The van der Waals surface area contributed by atoms with Crippen molar-refractivity contribution in [3.63, 3.8) is 0 Å². The number of rotatable bonds is 4. The minimum atomic E-state index is -0.167. The van der Waals surface area contributed by atoms with E-state index in [2.05, 4.69) is 16.9 Å². The first-order chi connectivity index (χ1) is 9.29. The molecule has 3 nitrogen and oxygen atoms in total. The maximum absolute atomic E-state index is 10.4. The van der Waals surface area contributed by atoms with E-state index >= 15 is 0 Å². The van der Waals surface area contributed by atoms with Gasteiger partial charge in [0.2, 0.25) is 0 Å². The molecule has 1 aromatic heterocycles. The van der Waals surface area contributed by atoms with Crippen molar-refractivity contribution in [3.8, 4) is 0 Å². The molecule has 3 aliphatic carbocycles. The maximum Gasteiger partial charge on any atom is 0.0650 e. The molecule has 1 aromatic rings. The number of nitrogens with zero attached hydrogens (tertiary/aromatic N) is 2. The highest BCUT2D eigenvalue weighted by molar-refractivity contribution is 5.05. The van der Waals surface area contributed by atoms with Gasteiger partial charge in [-0.05, 0) is 55.9 Å². The monoisotopic (exact) mass is 260 g/mol. The van der Waals surface area contributed by atoms with E-state index in [0.29, 0.717) is 12.0 Å². The summed E-state index contributed by atoms with van der Waals surface area (Å²) in [6, 6.07) is 2.72. The van der Waals surface area contributed by atoms with Crippen molar-refractivity contribution in [3.05, 3.63) is 18.0 Å². The summed E-state index contributed by atoms with van der Waals surface area (Å²) in [4.78, 5) is 0. The Morgan fingerprint density at radius 1 is 1.21 bits per heavy atom. The van der Waals surface area contributed by atoms with Crippen LogP contribution in [0.25, 0.3) is 0 Å². The highest BCUT2D eigenvalue weighted by atomic mass is 16.3. The Kier molecular flexibility index (Phi) is 2.91. The molecule has 0 amide bonds. The number of aliphatic hydroxyl groups excluding tert-OH is 1. The molecule has 0 aliphatic heterocycles. The topological polar surface area (TPSA) is 38.0 Å². The fraction of sp³-hybridized carbons (Fsp3) is 0.812. The second-order valence-corrected chi connectivity index (χ2v) is 6.98. The smallest absolute Gasteiger partial charge is 0.0650 e. The van der Waals surface area contributed by atoms with Crippen molar-refractivity contribution >= 4 is 0 Å². The molecule has 3 heteroatoms. The Bertz CT molecular complexity index is 439. The Morgan fingerprint density at radius 3 is 2.68 bits per heavy atom. The van der Waals surface area contributed by atoms with E-state index in [1.807, 2.05) is 0 Å². The molecule has 3 fully saturated rings. The first-order valence-corrected chi connectivity index (χ1v) is 8.01. The van der Waals surface area contributed by atoms with E-state index in [-0.39, 0.29) is 6.10 Å². The van der Waals surface area contributed by atoms with Gasteiger partial charge >= 0.3 is 0 Å². The average molecular weight is 260 g/mol. The van der Waals surface area contributed by atoms with Crippen LogP contribution in [0.3, 0.4) is 0 Å². The van der Waals surface area contributed by atoms with Gasteiger partial charge in [-0.15, -0.1) is 0 Å². The van der Waals surface area contributed by atoms with Gasteiger partial charge < -0.3 is 5.11 Å². The van der Waals surface area contributed by atoms with Crippen LogP contribution in [-0.4, -0.2) is 21.0 Å². The summed E-state index contributed by atoms with van der Waals surface area (Å²) in [6.07, 6.45) is 11.9. The highest BCUT2D eigenvalue weighted by Gasteiger charge is 2.47. The molecule has 0 spiro atoms. The number of aliphatic hydroxyl groups is 1. The van der Waals surface area contributed by atoms with Crippen molar-refractivity contribution in [2.24, 2.45) is 17.8 Å². The fourth-order valence-corrected chi connectivity index (χ4v) is 4.32. The molecule has 1 N–H and O–H groups in total. The molecule has 104 valence electrons. The van der Waals surface area contributed by atoms with Gasteiger partial charge in [-0.3, -0.25) is 4.68 Å². The average Bonchev–Trinajstić information content (AvgIpc) is 2.91. The first kappa shape index (κ1) is 12.0. The van der Waals surface area contributed by atoms with E-state index in [1.165, 1.54) is 44.9 Å². The Labute approximate surface area is 115 Å². The summed E-state index contributed by atoms with van der Waals surface area (Å²) >= 11 is 0. The molecule has 3 aliphatic rings. The second kappa shape index (κ2) is 4.62. The lowest BCUT2D eigenvalue weighted by Crippen LogP contribution is -2.22. The van der Waals surface area contributed by atoms with E-state index in [0.717, 1.165) is 24.0 Å². The van der Waals surface area contributed by atoms with Crippen LogP contribution < -0.4 is 0 Å². The van der Waals surface area contributed by atoms with Crippen molar-refractivity contribution < 1.29 is 5.11 Å². The van der Waals surface area contributed by atoms with Gasteiger partial charge in [0.25, 0.3) is 0 Å². The number of fused-ring (bicyclic) bond motifs is 1. The van der Waals surface area contributed by atoms with E-state index in [9.17, 15) is 5.11 Å². The standard InChI is InChI=1S/C16H24N2O/c19-16(13-8-11-7-12(11)9-13)10-14-5-6-18(17-14)15-3-1-2-4-15/h5-6,11-13,15-16,19H,1-4,7-10H2. The Balaban J connectivity index is 1.36. The zero-order valence-corrected chi connectivity index (χ0v) is 11.5. The predicted molar refractivity (Wildman–Crippen MR) is 73.8 cm³/mol. The largest absolute Gasteiger partial charge is 0.392 e. The van der Waals surface area contributed by atoms with Crippen LogP contribution in [0.4, 0.5) is 0 Å². The molecule has 3 atom stereocenters. The number of hydrogen-bond donors (Lipinski definition) is 1. The van der Waals surface area contributed by atoms with Gasteiger partial charge in [-0.1, -0.05) is 12.8 Å². The highest BCUT2D eigenvalue weighted by Crippen LogP contribution is 2.55. The Hall–Kier alpha value is -0.830. The molecule has 0 bridgehead atoms. The van der Waals surface area contributed by atoms with Crippen LogP contribution >= 0.6 is 0 Å². The molecule has 3 unspecified atom stereocenters. The molecular weight excluding hydrogens is 236 g/mol. The first-order valence-electron chi connectivity index (χ1n) is 8.01. The minimum Gasteiger partial charge on any atom is -0.392 e. The summed E-state index contributed by atoms with van der Waals surface area (Å²) < 4.78 is 2.14. The van der Waals surface area contributed by atoms with Gasteiger partial charge in [0.15, 0.2) is 0 Å². The zero-order chi connectivity index (χ0) is 12.8. The van der Waals surface area contributed by atoms with Crippen LogP contribution in [0, 0.1) is 17.8 Å². The molecule has 0 saturated heterocycles. The summed E-state index contributed by atoms with van der Waals surface area (Å²) in [5.74, 6) is 2.45. The maximum atomic E-state index is 10.4. The third kappa shape index (κ3) is 2.33. The van der Waals surface area contributed by atoms with Gasteiger partial charge in [0.05, 0.1) is 17.8 Å². The second-order valence-electron chi connectivity index (χ2n) is 6.98. The summed E-state index contributed by atoms with van der Waals surface area (Å²) in [5, 5.41) is 15.1. The zero-order valence-electron chi connectivity index (χ0n) is 11.5.